The summed E-state index contributed by atoms with van der Waals surface area (Å²) in [6, 6.07) is 14.4. The van der Waals surface area contributed by atoms with Gasteiger partial charge in [-0.15, -0.1) is 0 Å². The molecule has 1 aliphatic rings. The topological polar surface area (TPSA) is 43.8 Å². The Hall–Kier alpha value is -2.38. The van der Waals surface area contributed by atoms with E-state index in [9.17, 15) is 23.1 Å². The normalized spacial score (nSPS) is 19.2. The minimum Gasteiger partial charge on any atom is -0.390 e. The van der Waals surface area contributed by atoms with E-state index in [2.05, 4.69) is 0 Å². The summed E-state index contributed by atoms with van der Waals surface area (Å²) in [4.78, 5) is 16.0. The molecule has 1 atom stereocenters. The SMILES string of the molecule is O=C1CN(Cc2ccc(C(F)(F)F)cc2)CC(O)CN1Cc1ccccc1. The van der Waals surface area contributed by atoms with E-state index in [0.29, 0.717) is 18.7 Å². The zero-order valence-electron chi connectivity index (χ0n) is 14.7. The summed E-state index contributed by atoms with van der Waals surface area (Å²) in [5.41, 5.74) is 0.945. The van der Waals surface area contributed by atoms with Crippen LogP contribution in [0.25, 0.3) is 0 Å². The molecule has 1 N–H and O–H groups in total. The smallest absolute Gasteiger partial charge is 0.390 e. The molecule has 3 rings (SSSR count). The lowest BCUT2D eigenvalue weighted by Gasteiger charge is -2.22. The maximum atomic E-state index is 12.7. The molecular formula is C20H21F3N2O2. The first-order valence-electron chi connectivity index (χ1n) is 8.69. The van der Waals surface area contributed by atoms with Crippen LogP contribution in [0.1, 0.15) is 16.7 Å². The van der Waals surface area contributed by atoms with Gasteiger partial charge >= 0.3 is 6.18 Å². The van der Waals surface area contributed by atoms with Crippen LogP contribution in [-0.2, 0) is 24.1 Å². The summed E-state index contributed by atoms with van der Waals surface area (Å²) in [6.45, 7) is 1.37. The molecule has 0 bridgehead atoms. The van der Waals surface area contributed by atoms with Crippen LogP contribution in [0.5, 0.6) is 0 Å². The summed E-state index contributed by atoms with van der Waals surface area (Å²) < 4.78 is 38.0. The van der Waals surface area contributed by atoms with Crippen molar-refractivity contribution in [2.24, 2.45) is 0 Å². The molecule has 1 fully saturated rings. The summed E-state index contributed by atoms with van der Waals surface area (Å²) >= 11 is 0. The van der Waals surface area contributed by atoms with Gasteiger partial charge in [-0.1, -0.05) is 42.5 Å². The Morgan fingerprint density at radius 3 is 2.19 bits per heavy atom. The van der Waals surface area contributed by atoms with Crippen LogP contribution in [0.2, 0.25) is 0 Å². The van der Waals surface area contributed by atoms with Crippen molar-refractivity contribution in [2.45, 2.75) is 25.4 Å². The fourth-order valence-electron chi connectivity index (χ4n) is 3.20. The van der Waals surface area contributed by atoms with Gasteiger partial charge in [0, 0.05) is 26.2 Å². The largest absolute Gasteiger partial charge is 0.416 e. The molecule has 0 aliphatic carbocycles. The van der Waals surface area contributed by atoms with Gasteiger partial charge in [-0.05, 0) is 23.3 Å². The summed E-state index contributed by atoms with van der Waals surface area (Å²) in [7, 11) is 0. The Bertz CT molecular complexity index is 763. The van der Waals surface area contributed by atoms with Gasteiger partial charge in [0.05, 0.1) is 18.2 Å². The van der Waals surface area contributed by atoms with E-state index in [1.807, 2.05) is 30.3 Å². The minimum absolute atomic E-state index is 0.109. The predicted molar refractivity (Wildman–Crippen MR) is 94.6 cm³/mol. The molecule has 1 aliphatic heterocycles. The highest BCUT2D eigenvalue weighted by Crippen LogP contribution is 2.29. The molecule has 0 aromatic heterocycles. The van der Waals surface area contributed by atoms with E-state index < -0.39 is 17.8 Å². The highest BCUT2D eigenvalue weighted by atomic mass is 19.4. The first-order valence-corrected chi connectivity index (χ1v) is 8.69. The van der Waals surface area contributed by atoms with Crippen molar-refractivity contribution in [1.82, 2.24) is 9.80 Å². The molecule has 1 saturated heterocycles. The number of carbonyl (C=O) groups excluding carboxylic acids is 1. The number of carbonyl (C=O) groups is 1. The van der Waals surface area contributed by atoms with E-state index in [4.69, 9.17) is 0 Å². The van der Waals surface area contributed by atoms with Gasteiger partial charge < -0.3 is 10.0 Å². The molecule has 2 aromatic rings. The number of amides is 1. The van der Waals surface area contributed by atoms with Crippen LogP contribution < -0.4 is 0 Å². The fraction of sp³-hybridized carbons (Fsp3) is 0.350. The molecule has 0 saturated carbocycles. The highest BCUT2D eigenvalue weighted by molar-refractivity contribution is 5.78. The van der Waals surface area contributed by atoms with Crippen LogP contribution in [0.3, 0.4) is 0 Å². The molecule has 1 amide bonds. The lowest BCUT2D eigenvalue weighted by molar-refractivity contribution is -0.137. The molecule has 27 heavy (non-hydrogen) atoms. The number of β-amino-alcohol motifs (C(OH)–C–C–N with tert-alkyl or cyclic N) is 1. The van der Waals surface area contributed by atoms with Crippen molar-refractivity contribution >= 4 is 5.91 Å². The van der Waals surface area contributed by atoms with Crippen molar-refractivity contribution in [3.63, 3.8) is 0 Å². The van der Waals surface area contributed by atoms with Crippen LogP contribution >= 0.6 is 0 Å². The zero-order chi connectivity index (χ0) is 19.4. The van der Waals surface area contributed by atoms with Crippen molar-refractivity contribution in [1.29, 1.82) is 0 Å². The standard InChI is InChI=1S/C20H21F3N2O2/c21-20(22,23)17-8-6-16(7-9-17)10-24-12-18(26)13-25(19(27)14-24)11-15-4-2-1-3-5-15/h1-9,18,26H,10-14H2. The summed E-state index contributed by atoms with van der Waals surface area (Å²) in [6.07, 6.45) is -5.08. The lowest BCUT2D eigenvalue weighted by Crippen LogP contribution is -2.36. The number of alkyl halides is 3. The van der Waals surface area contributed by atoms with Crippen molar-refractivity contribution in [2.75, 3.05) is 19.6 Å². The lowest BCUT2D eigenvalue weighted by atomic mass is 10.1. The van der Waals surface area contributed by atoms with E-state index in [0.717, 1.165) is 17.7 Å². The number of benzene rings is 2. The second-order valence-corrected chi connectivity index (χ2v) is 6.78. The predicted octanol–water partition coefficient (Wildman–Crippen LogP) is 2.91. The second-order valence-electron chi connectivity index (χ2n) is 6.78. The molecule has 0 radical (unpaired) electrons. The molecule has 144 valence electrons. The van der Waals surface area contributed by atoms with Crippen LogP contribution in [0, 0.1) is 0 Å². The summed E-state index contributed by atoms with van der Waals surface area (Å²) in [5, 5.41) is 10.3. The van der Waals surface area contributed by atoms with E-state index >= 15 is 0 Å². The van der Waals surface area contributed by atoms with E-state index in [1.54, 1.807) is 9.80 Å². The molecule has 0 spiro atoms. The third kappa shape index (κ3) is 5.30. The van der Waals surface area contributed by atoms with Gasteiger partial charge in [-0.25, -0.2) is 0 Å². The molecule has 4 nitrogen and oxygen atoms in total. The van der Waals surface area contributed by atoms with Gasteiger partial charge in [0.15, 0.2) is 0 Å². The Labute approximate surface area is 155 Å². The first-order chi connectivity index (χ1) is 12.8. The van der Waals surface area contributed by atoms with Crippen LogP contribution in [0.4, 0.5) is 13.2 Å². The van der Waals surface area contributed by atoms with Gasteiger partial charge in [0.25, 0.3) is 0 Å². The monoisotopic (exact) mass is 378 g/mol. The maximum Gasteiger partial charge on any atom is 0.416 e. The average molecular weight is 378 g/mol. The Morgan fingerprint density at radius 1 is 0.926 bits per heavy atom. The van der Waals surface area contributed by atoms with Crippen LogP contribution in [0.15, 0.2) is 54.6 Å². The number of hydrogen-bond donors (Lipinski definition) is 1. The quantitative estimate of drug-likeness (QED) is 0.890. The first kappa shape index (κ1) is 19.4. The van der Waals surface area contributed by atoms with Gasteiger partial charge in [-0.3, -0.25) is 9.69 Å². The minimum atomic E-state index is -4.37. The molecule has 7 heteroatoms. The Morgan fingerprint density at radius 2 is 1.56 bits per heavy atom. The van der Waals surface area contributed by atoms with E-state index in [1.165, 1.54) is 12.1 Å². The average Bonchev–Trinajstić information content (AvgIpc) is 2.73. The number of nitrogens with zero attached hydrogens (tertiary/aromatic N) is 2. The van der Waals surface area contributed by atoms with Crippen molar-refractivity contribution in [3.8, 4) is 0 Å². The molecular weight excluding hydrogens is 357 g/mol. The Kier molecular flexibility index (Phi) is 5.82. The van der Waals surface area contributed by atoms with Gasteiger partial charge in [-0.2, -0.15) is 13.2 Å². The maximum absolute atomic E-state index is 12.7. The van der Waals surface area contributed by atoms with Crippen LogP contribution in [-0.4, -0.2) is 46.6 Å². The van der Waals surface area contributed by atoms with Crippen molar-refractivity contribution in [3.05, 3.63) is 71.3 Å². The number of aliphatic hydroxyl groups is 1. The molecule has 1 unspecified atom stereocenters. The fourth-order valence-corrected chi connectivity index (χ4v) is 3.20. The van der Waals surface area contributed by atoms with Crippen molar-refractivity contribution < 1.29 is 23.1 Å². The third-order valence-electron chi connectivity index (χ3n) is 4.52. The van der Waals surface area contributed by atoms with Gasteiger partial charge in [0.1, 0.15) is 0 Å². The Balaban J connectivity index is 1.65. The van der Waals surface area contributed by atoms with E-state index in [-0.39, 0.29) is 25.5 Å². The highest BCUT2D eigenvalue weighted by Gasteiger charge is 2.30. The number of rotatable bonds is 4. The third-order valence-corrected chi connectivity index (χ3v) is 4.52. The zero-order valence-corrected chi connectivity index (χ0v) is 14.7. The molecule has 2 aromatic carbocycles. The number of hydrogen-bond acceptors (Lipinski definition) is 3. The molecule has 1 heterocycles. The number of aliphatic hydroxyl groups excluding tert-OH is 1. The number of halogens is 3. The summed E-state index contributed by atoms with van der Waals surface area (Å²) in [5.74, 6) is -0.109. The second kappa shape index (κ2) is 8.10. The van der Waals surface area contributed by atoms with Gasteiger partial charge in [0.2, 0.25) is 5.91 Å².